The summed E-state index contributed by atoms with van der Waals surface area (Å²) >= 11 is 3.60. The van der Waals surface area contributed by atoms with Gasteiger partial charge in [-0.25, -0.2) is 4.52 Å². The van der Waals surface area contributed by atoms with Crippen molar-refractivity contribution < 1.29 is 9.53 Å². The summed E-state index contributed by atoms with van der Waals surface area (Å²) in [5.74, 6) is 0.742. The number of carbonyl (C=O) groups is 1. The van der Waals surface area contributed by atoms with Crippen LogP contribution in [0.3, 0.4) is 0 Å². The summed E-state index contributed by atoms with van der Waals surface area (Å²) in [6.45, 7) is 9.00. The van der Waals surface area contributed by atoms with Crippen LogP contribution in [-0.4, -0.2) is 22.1 Å². The van der Waals surface area contributed by atoms with Gasteiger partial charge in [0.15, 0.2) is 0 Å². The average Bonchev–Trinajstić information content (AvgIpc) is 2.94. The fourth-order valence-electron chi connectivity index (χ4n) is 3.90. The molecule has 0 saturated heterocycles. The quantitative estimate of drug-likeness (QED) is 0.611. The lowest BCUT2D eigenvalue weighted by Crippen LogP contribution is -2.34. The minimum Gasteiger partial charge on any atom is -0.493 e. The molecule has 28 heavy (non-hydrogen) atoms. The van der Waals surface area contributed by atoms with Gasteiger partial charge in [-0.05, 0) is 51.5 Å². The maximum Gasteiger partial charge on any atom is 0.253 e. The Bertz CT molecular complexity index is 1070. The van der Waals surface area contributed by atoms with E-state index in [9.17, 15) is 4.79 Å². The summed E-state index contributed by atoms with van der Waals surface area (Å²) in [4.78, 5) is 13.3. The number of benzene rings is 1. The van der Waals surface area contributed by atoms with Gasteiger partial charge >= 0.3 is 0 Å². The number of rotatable bonds is 2. The molecule has 1 atom stereocenters. The molecule has 1 amide bonds. The number of hydrogen-bond acceptors (Lipinski definition) is 3. The molecule has 0 radical (unpaired) electrons. The fourth-order valence-corrected chi connectivity index (χ4v) is 4.29. The van der Waals surface area contributed by atoms with Crippen LogP contribution in [0.2, 0.25) is 0 Å². The first kappa shape index (κ1) is 19.0. The van der Waals surface area contributed by atoms with Crippen LogP contribution in [0.25, 0.3) is 5.52 Å². The van der Waals surface area contributed by atoms with E-state index in [1.54, 1.807) is 6.20 Å². The van der Waals surface area contributed by atoms with E-state index in [1.165, 1.54) is 0 Å². The van der Waals surface area contributed by atoms with Gasteiger partial charge in [0, 0.05) is 12.0 Å². The maximum absolute atomic E-state index is 13.3. The van der Waals surface area contributed by atoms with E-state index in [0.717, 1.165) is 39.0 Å². The zero-order valence-electron chi connectivity index (χ0n) is 16.5. The molecular weight excluding hydrogens is 418 g/mol. The Morgan fingerprint density at radius 1 is 1.32 bits per heavy atom. The van der Waals surface area contributed by atoms with Crippen LogP contribution in [0.5, 0.6) is 5.75 Å². The lowest BCUT2D eigenvalue weighted by molar-refractivity contribution is 0.0922. The lowest BCUT2D eigenvalue weighted by Gasteiger charge is -2.28. The van der Waals surface area contributed by atoms with E-state index in [1.807, 2.05) is 35.7 Å². The Balaban J connectivity index is 1.76. The van der Waals surface area contributed by atoms with Crippen molar-refractivity contribution in [1.82, 2.24) is 14.9 Å². The van der Waals surface area contributed by atoms with Crippen LogP contribution in [0, 0.1) is 6.92 Å². The van der Waals surface area contributed by atoms with Gasteiger partial charge in [0.25, 0.3) is 5.91 Å². The number of fused-ring (bicyclic) bond motifs is 2. The molecule has 2 aromatic heterocycles. The average molecular weight is 442 g/mol. The monoisotopic (exact) mass is 441 g/mol. The first-order valence-electron chi connectivity index (χ1n) is 9.47. The van der Waals surface area contributed by atoms with Crippen LogP contribution in [-0.2, 0) is 5.41 Å². The van der Waals surface area contributed by atoms with Crippen LogP contribution >= 0.6 is 15.9 Å². The molecule has 1 aromatic carbocycles. The van der Waals surface area contributed by atoms with Gasteiger partial charge in [-0.1, -0.05) is 39.0 Å². The SMILES string of the molecule is Cc1cc2c(C(C)(C)C)c(C(=O)N[C@H]3CCOc4ccccc43)cnn2c1Br. The first-order chi connectivity index (χ1) is 13.3. The van der Waals surface area contributed by atoms with Gasteiger partial charge in [0.1, 0.15) is 10.4 Å². The van der Waals surface area contributed by atoms with Gasteiger partial charge in [-0.3, -0.25) is 4.79 Å². The second kappa shape index (κ2) is 6.92. The van der Waals surface area contributed by atoms with E-state index < -0.39 is 0 Å². The van der Waals surface area contributed by atoms with Crippen molar-refractivity contribution in [1.29, 1.82) is 0 Å². The number of carbonyl (C=O) groups excluding carboxylic acids is 1. The van der Waals surface area contributed by atoms with Crippen LogP contribution in [0.15, 0.2) is 41.1 Å². The van der Waals surface area contributed by atoms with E-state index in [0.29, 0.717) is 12.2 Å². The van der Waals surface area contributed by atoms with Gasteiger partial charge in [0.05, 0.1) is 29.9 Å². The van der Waals surface area contributed by atoms with Crippen molar-refractivity contribution >= 4 is 27.4 Å². The number of ether oxygens (including phenoxy) is 1. The minimum atomic E-state index is -0.214. The number of aryl methyl sites for hydroxylation is 1. The van der Waals surface area contributed by atoms with Crippen LogP contribution in [0.1, 0.15) is 60.3 Å². The first-order valence-corrected chi connectivity index (χ1v) is 10.3. The largest absolute Gasteiger partial charge is 0.493 e. The Morgan fingerprint density at radius 3 is 2.82 bits per heavy atom. The summed E-state index contributed by atoms with van der Waals surface area (Å²) in [5.41, 5.74) is 4.47. The van der Waals surface area contributed by atoms with Crippen molar-refractivity contribution in [3.63, 3.8) is 0 Å². The van der Waals surface area contributed by atoms with E-state index in [-0.39, 0.29) is 17.4 Å². The summed E-state index contributed by atoms with van der Waals surface area (Å²) in [6.07, 6.45) is 2.43. The number of para-hydroxylation sites is 1. The third-order valence-electron chi connectivity index (χ3n) is 5.18. The molecule has 3 aromatic rings. The summed E-state index contributed by atoms with van der Waals surface area (Å²) in [6, 6.07) is 9.90. The molecule has 6 heteroatoms. The zero-order valence-corrected chi connectivity index (χ0v) is 18.1. The minimum absolute atomic E-state index is 0.0678. The summed E-state index contributed by atoms with van der Waals surface area (Å²) in [5, 5.41) is 7.73. The number of nitrogens with one attached hydrogen (secondary N) is 1. The van der Waals surface area contributed by atoms with Gasteiger partial charge in [0.2, 0.25) is 0 Å². The molecule has 0 aliphatic carbocycles. The molecule has 0 saturated carbocycles. The number of nitrogens with zero attached hydrogens (tertiary/aromatic N) is 2. The predicted octanol–water partition coefficient (Wildman–Crippen LogP) is 4.96. The molecule has 1 N–H and O–H groups in total. The molecule has 0 fully saturated rings. The van der Waals surface area contributed by atoms with Crippen LogP contribution < -0.4 is 10.1 Å². The number of amides is 1. The molecule has 4 rings (SSSR count). The molecule has 0 unspecified atom stereocenters. The maximum atomic E-state index is 13.3. The van der Waals surface area contributed by atoms with Gasteiger partial charge < -0.3 is 10.1 Å². The molecule has 5 nitrogen and oxygen atoms in total. The topological polar surface area (TPSA) is 55.6 Å². The van der Waals surface area contributed by atoms with Crippen molar-refractivity contribution in [2.75, 3.05) is 6.61 Å². The van der Waals surface area contributed by atoms with E-state index in [2.05, 4.69) is 53.2 Å². The summed E-state index contributed by atoms with van der Waals surface area (Å²) < 4.78 is 8.49. The number of aromatic nitrogens is 2. The van der Waals surface area contributed by atoms with Crippen molar-refractivity contribution in [2.24, 2.45) is 0 Å². The smallest absolute Gasteiger partial charge is 0.253 e. The molecular formula is C22H24BrN3O2. The van der Waals surface area contributed by atoms with E-state index in [4.69, 9.17) is 4.74 Å². The zero-order chi connectivity index (χ0) is 20.1. The third kappa shape index (κ3) is 3.20. The third-order valence-corrected chi connectivity index (χ3v) is 6.14. The number of hydrogen-bond donors (Lipinski definition) is 1. The highest BCUT2D eigenvalue weighted by Gasteiger charge is 2.29. The van der Waals surface area contributed by atoms with E-state index >= 15 is 0 Å². The molecule has 3 heterocycles. The van der Waals surface area contributed by atoms with Gasteiger partial charge in [-0.2, -0.15) is 5.10 Å². The Hall–Kier alpha value is -2.34. The normalized spacial score (nSPS) is 16.5. The molecule has 1 aliphatic heterocycles. The second-order valence-corrected chi connectivity index (χ2v) is 9.05. The highest BCUT2D eigenvalue weighted by Crippen LogP contribution is 2.35. The highest BCUT2D eigenvalue weighted by molar-refractivity contribution is 9.10. The second-order valence-electron chi connectivity index (χ2n) is 8.30. The van der Waals surface area contributed by atoms with Crippen LogP contribution in [0.4, 0.5) is 0 Å². The Labute approximate surface area is 173 Å². The molecule has 0 spiro atoms. The Morgan fingerprint density at radius 2 is 2.07 bits per heavy atom. The standard InChI is InChI=1S/C22H24BrN3O2/c1-13-11-17-19(22(2,3)4)15(12-24-26(17)20(13)23)21(27)25-16-9-10-28-18-8-6-5-7-14(16)18/h5-8,11-12,16H,9-10H2,1-4H3,(H,25,27)/t16-/m0/s1. The van der Waals surface area contributed by atoms with Crippen molar-refractivity contribution in [2.45, 2.75) is 45.6 Å². The van der Waals surface area contributed by atoms with Crippen molar-refractivity contribution in [3.8, 4) is 5.75 Å². The number of halogens is 1. The fraction of sp³-hybridized carbons (Fsp3) is 0.364. The molecule has 1 aliphatic rings. The highest BCUT2D eigenvalue weighted by atomic mass is 79.9. The van der Waals surface area contributed by atoms with Crippen molar-refractivity contribution in [3.05, 3.63) is 63.4 Å². The predicted molar refractivity (Wildman–Crippen MR) is 113 cm³/mol. The molecule has 146 valence electrons. The summed E-state index contributed by atoms with van der Waals surface area (Å²) in [7, 11) is 0. The van der Waals surface area contributed by atoms with Gasteiger partial charge in [-0.15, -0.1) is 0 Å². The Kier molecular flexibility index (Phi) is 4.70. The molecule has 0 bridgehead atoms. The lowest BCUT2D eigenvalue weighted by atomic mass is 9.83.